The minimum absolute atomic E-state index is 0.0187. The van der Waals surface area contributed by atoms with Gasteiger partial charge >= 0.3 is 5.97 Å². The number of likely N-dealkylation sites (tertiary alicyclic amines) is 1. The topological polar surface area (TPSA) is 156 Å². The molecule has 3 heterocycles. The van der Waals surface area contributed by atoms with E-state index in [1.54, 1.807) is 7.11 Å². The van der Waals surface area contributed by atoms with E-state index in [2.05, 4.69) is 37.5 Å². The molecule has 0 unspecified atom stereocenters. The molecule has 3 saturated heterocycles. The lowest BCUT2D eigenvalue weighted by molar-refractivity contribution is -0.154. The lowest BCUT2D eigenvalue weighted by Crippen LogP contribution is -2.62. The number of amides is 3. The zero-order valence-corrected chi connectivity index (χ0v) is 31.3. The number of carbonyl (C=O) groups is 5. The number of epoxide rings is 2. The van der Waals surface area contributed by atoms with Crippen molar-refractivity contribution >= 4 is 29.5 Å². The first-order valence-electron chi connectivity index (χ1n) is 19.3. The van der Waals surface area contributed by atoms with Crippen LogP contribution in [0, 0.1) is 16.7 Å². The molecule has 7 rings (SSSR count). The van der Waals surface area contributed by atoms with E-state index in [1.165, 1.54) is 17.4 Å². The van der Waals surface area contributed by atoms with Gasteiger partial charge in [-0.05, 0) is 105 Å². The average Bonchev–Trinajstić information content (AvgIpc) is 3.97. The first-order valence-corrected chi connectivity index (χ1v) is 19.3. The molecule has 0 radical (unpaired) electrons. The van der Waals surface area contributed by atoms with Gasteiger partial charge in [-0.3, -0.25) is 14.4 Å². The monoisotopic (exact) mass is 713 g/mol. The number of methoxy groups -OCH3 is 1. The van der Waals surface area contributed by atoms with Gasteiger partial charge in [0.25, 0.3) is 0 Å². The molecular formula is C39H59N3O9. The van der Waals surface area contributed by atoms with E-state index >= 15 is 0 Å². The van der Waals surface area contributed by atoms with Crippen molar-refractivity contribution < 1.29 is 42.9 Å². The van der Waals surface area contributed by atoms with Crippen molar-refractivity contribution in [1.29, 1.82) is 0 Å². The van der Waals surface area contributed by atoms with E-state index in [9.17, 15) is 24.0 Å². The smallest absolute Gasteiger partial charge is 0.328 e. The third kappa shape index (κ3) is 7.65. The van der Waals surface area contributed by atoms with Crippen molar-refractivity contribution in [2.75, 3.05) is 33.4 Å². The van der Waals surface area contributed by atoms with Crippen molar-refractivity contribution in [1.82, 2.24) is 15.5 Å². The number of nitrogens with zero attached hydrogens (tertiary/aromatic N) is 1. The summed E-state index contributed by atoms with van der Waals surface area (Å²) in [4.78, 5) is 65.5. The molecule has 284 valence electrons. The highest BCUT2D eigenvalue weighted by Gasteiger charge is 2.72. The number of fused-ring (bicyclic) bond motifs is 3. The molecule has 12 nitrogen and oxygen atoms in total. The second-order valence-electron chi connectivity index (χ2n) is 16.7. The number of nitrogens with one attached hydrogen (secondary N) is 2. The zero-order chi connectivity index (χ0) is 36.6. The van der Waals surface area contributed by atoms with Crippen LogP contribution in [0.3, 0.4) is 0 Å². The predicted molar refractivity (Wildman–Crippen MR) is 187 cm³/mol. The second kappa shape index (κ2) is 14.9. The average molecular weight is 714 g/mol. The number of ketones is 1. The number of ether oxygens (including phenoxy) is 4. The lowest BCUT2D eigenvalue weighted by Gasteiger charge is -2.52. The first kappa shape index (κ1) is 37.9. The Labute approximate surface area is 302 Å². The fraction of sp³-hybridized carbons (Fsp3) is 0.821. The van der Waals surface area contributed by atoms with E-state index in [0.29, 0.717) is 71.1 Å². The lowest BCUT2D eigenvalue weighted by atomic mass is 9.53. The highest BCUT2D eigenvalue weighted by atomic mass is 16.6. The van der Waals surface area contributed by atoms with Gasteiger partial charge < -0.3 is 39.3 Å². The summed E-state index contributed by atoms with van der Waals surface area (Å²) in [5.74, 6) is -0.537. The van der Waals surface area contributed by atoms with Crippen molar-refractivity contribution in [3.05, 3.63) is 11.6 Å². The summed E-state index contributed by atoms with van der Waals surface area (Å²) in [6, 6.07) is -0.735. The third-order valence-corrected chi connectivity index (χ3v) is 13.2. The number of hydrogen-bond acceptors (Lipinski definition) is 9. The first-order chi connectivity index (χ1) is 24.3. The molecule has 51 heavy (non-hydrogen) atoms. The Morgan fingerprint density at radius 3 is 2.20 bits per heavy atom. The largest absolute Gasteiger partial charge is 0.464 e. The van der Waals surface area contributed by atoms with Gasteiger partial charge in [0.05, 0.1) is 37.1 Å². The molecule has 2 bridgehead atoms. The maximum Gasteiger partial charge on any atom is 0.328 e. The molecule has 3 aliphatic heterocycles. The number of allylic oxidation sites excluding steroid dienone is 1. The zero-order valence-electron chi connectivity index (χ0n) is 31.3. The van der Waals surface area contributed by atoms with Crippen LogP contribution in [0.2, 0.25) is 0 Å². The molecule has 4 aliphatic carbocycles. The van der Waals surface area contributed by atoms with Gasteiger partial charge in [0.2, 0.25) is 17.7 Å². The quantitative estimate of drug-likeness (QED) is 0.111. The molecule has 0 aromatic heterocycles. The van der Waals surface area contributed by atoms with Crippen LogP contribution in [0.15, 0.2) is 11.6 Å². The van der Waals surface area contributed by atoms with Gasteiger partial charge in [-0.1, -0.05) is 11.6 Å². The highest BCUT2D eigenvalue weighted by Crippen LogP contribution is 2.60. The molecule has 7 fully saturated rings. The Bertz CT molecular complexity index is 1380. The summed E-state index contributed by atoms with van der Waals surface area (Å²) in [6.45, 7) is 9.56. The van der Waals surface area contributed by atoms with Crippen LogP contribution in [-0.4, -0.2) is 103 Å². The normalized spacial score (nSPS) is 37.8. The molecule has 12 heteroatoms. The summed E-state index contributed by atoms with van der Waals surface area (Å²) < 4.78 is 24.1. The molecule has 0 aromatic rings. The van der Waals surface area contributed by atoms with Gasteiger partial charge in [-0.25, -0.2) is 4.79 Å². The Hall–Kier alpha value is -2.83. The summed E-state index contributed by atoms with van der Waals surface area (Å²) >= 11 is 0. The van der Waals surface area contributed by atoms with Gasteiger partial charge in [0.1, 0.15) is 17.4 Å². The van der Waals surface area contributed by atoms with Gasteiger partial charge in [0, 0.05) is 49.8 Å². The maximum atomic E-state index is 14.1. The summed E-state index contributed by atoms with van der Waals surface area (Å²) in [7, 11) is 1.73. The molecule has 7 atom stereocenters. The van der Waals surface area contributed by atoms with Crippen LogP contribution in [0.4, 0.5) is 0 Å². The molecular weight excluding hydrogens is 654 g/mol. The summed E-state index contributed by atoms with van der Waals surface area (Å²) in [6.07, 6.45) is 10.7. The molecule has 0 aromatic carbocycles. The van der Waals surface area contributed by atoms with Gasteiger partial charge in [-0.2, -0.15) is 0 Å². The van der Waals surface area contributed by atoms with E-state index < -0.39 is 22.8 Å². The SMILES string of the molecule is CO[C@@H]1[C@H](NC(=O)C23CCC(C(=O)NCCCOC(=O)[C@H]4CCCN4C(=O)CCC(C)=O)(CC2)CC3)CC[C@]2(CO2)[C@H]1[C@@]1(C)O[C@@H]1CC=C(C)C. The Balaban J connectivity index is 0.951. The summed E-state index contributed by atoms with van der Waals surface area (Å²) in [5, 5.41) is 6.51. The van der Waals surface area contributed by atoms with Gasteiger partial charge in [-0.15, -0.1) is 0 Å². The predicted octanol–water partition coefficient (Wildman–Crippen LogP) is 3.93. The molecule has 3 amide bonds. The number of esters is 1. The van der Waals surface area contributed by atoms with E-state index in [1.807, 2.05) is 0 Å². The number of rotatable bonds is 15. The molecule has 7 aliphatic rings. The molecule has 1 spiro atoms. The van der Waals surface area contributed by atoms with Crippen LogP contribution >= 0.6 is 0 Å². The fourth-order valence-corrected chi connectivity index (χ4v) is 9.80. The third-order valence-electron chi connectivity index (χ3n) is 13.2. The minimum atomic E-state index is -0.607. The highest BCUT2D eigenvalue weighted by molar-refractivity contribution is 5.88. The van der Waals surface area contributed by atoms with Crippen molar-refractivity contribution in [2.45, 2.75) is 153 Å². The van der Waals surface area contributed by atoms with Gasteiger partial charge in [0.15, 0.2) is 0 Å². The number of hydrogen-bond donors (Lipinski definition) is 2. The second-order valence-corrected chi connectivity index (χ2v) is 16.7. The number of Topliss-reactive ketones (excluding diaryl/α,β-unsaturated/α-hetero) is 1. The molecule has 4 saturated carbocycles. The van der Waals surface area contributed by atoms with Crippen LogP contribution in [0.5, 0.6) is 0 Å². The van der Waals surface area contributed by atoms with Crippen LogP contribution in [0.25, 0.3) is 0 Å². The van der Waals surface area contributed by atoms with Crippen LogP contribution in [-0.2, 0) is 42.9 Å². The number of carbonyl (C=O) groups excluding carboxylic acids is 5. The minimum Gasteiger partial charge on any atom is -0.464 e. The molecule has 2 N–H and O–H groups in total. The Morgan fingerprint density at radius 1 is 0.922 bits per heavy atom. The Kier molecular flexibility index (Phi) is 11.1. The van der Waals surface area contributed by atoms with Crippen LogP contribution < -0.4 is 10.6 Å². The van der Waals surface area contributed by atoms with Crippen LogP contribution in [0.1, 0.15) is 118 Å². The maximum absolute atomic E-state index is 14.1. The van der Waals surface area contributed by atoms with E-state index in [-0.39, 0.29) is 78.3 Å². The standard InChI is InChI=1S/C39H59N3O9/c1-25(2)9-11-29-36(4,51-29)32-31(48-5)27(13-14-39(32)24-50-39)41-35(47)38-18-15-37(16-19-38,17-20-38)34(46)40-21-7-23-49-33(45)28-8-6-22-42(28)30(44)12-10-26(3)43/h9,27-29,31-32H,6-8,10-24H2,1-5H3,(H,40,46)(H,41,47)/t27-,28-,29-,31-,32-,36+,37?,38?,39+/m1/s1. The van der Waals surface area contributed by atoms with E-state index in [4.69, 9.17) is 18.9 Å². The van der Waals surface area contributed by atoms with Crippen molar-refractivity contribution in [3.8, 4) is 0 Å². The fourth-order valence-electron chi connectivity index (χ4n) is 9.80. The summed E-state index contributed by atoms with van der Waals surface area (Å²) in [5.41, 5.74) is -0.268. The van der Waals surface area contributed by atoms with Crippen molar-refractivity contribution in [3.63, 3.8) is 0 Å². The van der Waals surface area contributed by atoms with Crippen molar-refractivity contribution in [2.24, 2.45) is 16.7 Å². The Morgan fingerprint density at radius 2 is 1.59 bits per heavy atom. The van der Waals surface area contributed by atoms with E-state index in [0.717, 1.165) is 25.7 Å².